The maximum atomic E-state index is 8.55. The van der Waals surface area contributed by atoms with Crippen LogP contribution in [-0.2, 0) is 7.05 Å². The highest BCUT2D eigenvalue weighted by molar-refractivity contribution is 5.86. The fourth-order valence-corrected chi connectivity index (χ4v) is 1.58. The third-order valence-electron chi connectivity index (χ3n) is 2.43. The molecule has 82 valence electrons. The zero-order chi connectivity index (χ0) is 11.5. The number of hydrogen-bond donors (Lipinski definition) is 0. The number of nitrogens with zero attached hydrogens (tertiary/aromatic N) is 6. The van der Waals surface area contributed by atoms with Crippen molar-refractivity contribution in [3.63, 3.8) is 0 Å². The fraction of sp³-hybridized carbons (Fsp3) is 0.400. The monoisotopic (exact) mass is 216 g/mol. The van der Waals surface area contributed by atoms with Gasteiger partial charge in [0.05, 0.1) is 24.1 Å². The molecule has 0 fully saturated rings. The van der Waals surface area contributed by atoms with Gasteiger partial charge in [-0.3, -0.25) is 4.68 Å². The van der Waals surface area contributed by atoms with Gasteiger partial charge < -0.3 is 4.90 Å². The van der Waals surface area contributed by atoms with Gasteiger partial charge >= 0.3 is 0 Å². The number of rotatable bonds is 3. The van der Waals surface area contributed by atoms with E-state index in [1.165, 1.54) is 6.33 Å². The van der Waals surface area contributed by atoms with Crippen molar-refractivity contribution in [1.29, 1.82) is 5.26 Å². The first-order valence-corrected chi connectivity index (χ1v) is 4.95. The standard InChI is InChI=1S/C10H12N6/c1-15(5-3-4-11)9-8-6-14-16(2)10(8)13-7-12-9/h6-7H,3,5H2,1-2H3. The lowest BCUT2D eigenvalue weighted by molar-refractivity contribution is 0.785. The van der Waals surface area contributed by atoms with Crippen molar-refractivity contribution in [3.05, 3.63) is 12.5 Å². The van der Waals surface area contributed by atoms with E-state index in [9.17, 15) is 0 Å². The predicted molar refractivity (Wildman–Crippen MR) is 59.8 cm³/mol. The van der Waals surface area contributed by atoms with Crippen molar-refractivity contribution in [3.8, 4) is 6.07 Å². The Morgan fingerprint density at radius 3 is 3.06 bits per heavy atom. The van der Waals surface area contributed by atoms with Crippen molar-refractivity contribution in [1.82, 2.24) is 19.7 Å². The summed E-state index contributed by atoms with van der Waals surface area (Å²) in [6.07, 6.45) is 3.73. The Bertz CT molecular complexity index is 538. The molecule has 0 spiro atoms. The van der Waals surface area contributed by atoms with Gasteiger partial charge in [0.1, 0.15) is 12.1 Å². The lowest BCUT2D eigenvalue weighted by Crippen LogP contribution is -2.19. The molecule has 0 aromatic carbocycles. The van der Waals surface area contributed by atoms with Gasteiger partial charge in [-0.1, -0.05) is 0 Å². The SMILES string of the molecule is CN(CCC#N)c1ncnc2c1cnn2C. The van der Waals surface area contributed by atoms with Gasteiger partial charge in [-0.2, -0.15) is 10.4 Å². The number of anilines is 1. The lowest BCUT2D eigenvalue weighted by Gasteiger charge is -2.16. The average Bonchev–Trinajstić information content (AvgIpc) is 2.68. The first-order chi connectivity index (χ1) is 7.74. The Hall–Kier alpha value is -2.16. The van der Waals surface area contributed by atoms with E-state index in [1.807, 2.05) is 19.0 Å². The Morgan fingerprint density at radius 1 is 1.50 bits per heavy atom. The van der Waals surface area contributed by atoms with Crippen LogP contribution in [0.5, 0.6) is 0 Å². The quantitative estimate of drug-likeness (QED) is 0.755. The van der Waals surface area contributed by atoms with Gasteiger partial charge in [0.2, 0.25) is 0 Å². The summed E-state index contributed by atoms with van der Waals surface area (Å²) in [5, 5.41) is 13.6. The van der Waals surface area contributed by atoms with Gasteiger partial charge in [-0.25, -0.2) is 9.97 Å². The summed E-state index contributed by atoms with van der Waals surface area (Å²) in [5.41, 5.74) is 0.800. The number of fused-ring (bicyclic) bond motifs is 1. The average molecular weight is 216 g/mol. The third-order valence-corrected chi connectivity index (χ3v) is 2.43. The summed E-state index contributed by atoms with van der Waals surface area (Å²) in [6.45, 7) is 0.650. The van der Waals surface area contributed by atoms with Crippen LogP contribution in [0.4, 0.5) is 5.82 Å². The molecule has 0 atom stereocenters. The highest BCUT2D eigenvalue weighted by Gasteiger charge is 2.10. The predicted octanol–water partition coefficient (Wildman–Crippen LogP) is 0.713. The number of nitriles is 1. The number of hydrogen-bond acceptors (Lipinski definition) is 5. The topological polar surface area (TPSA) is 70.6 Å². The van der Waals surface area contributed by atoms with E-state index in [4.69, 9.17) is 5.26 Å². The van der Waals surface area contributed by atoms with Crippen molar-refractivity contribution >= 4 is 16.9 Å². The molecule has 2 aromatic rings. The molecule has 2 rings (SSSR count). The molecule has 0 aliphatic carbocycles. The maximum Gasteiger partial charge on any atom is 0.163 e. The van der Waals surface area contributed by atoms with Crippen molar-refractivity contribution in [2.24, 2.45) is 7.05 Å². The summed E-state index contributed by atoms with van der Waals surface area (Å²) in [5.74, 6) is 0.813. The summed E-state index contributed by atoms with van der Waals surface area (Å²) < 4.78 is 1.71. The fourth-order valence-electron chi connectivity index (χ4n) is 1.58. The van der Waals surface area contributed by atoms with Gasteiger partial charge in [0, 0.05) is 20.6 Å². The van der Waals surface area contributed by atoms with Crippen LogP contribution in [0.2, 0.25) is 0 Å². The van der Waals surface area contributed by atoms with E-state index < -0.39 is 0 Å². The third kappa shape index (κ3) is 1.67. The Labute approximate surface area is 93.1 Å². The summed E-state index contributed by atoms with van der Waals surface area (Å²) in [4.78, 5) is 10.3. The summed E-state index contributed by atoms with van der Waals surface area (Å²) >= 11 is 0. The minimum atomic E-state index is 0.474. The molecule has 2 heterocycles. The van der Waals surface area contributed by atoms with Crippen LogP contribution >= 0.6 is 0 Å². The highest BCUT2D eigenvalue weighted by Crippen LogP contribution is 2.20. The maximum absolute atomic E-state index is 8.55. The largest absolute Gasteiger partial charge is 0.358 e. The normalized spacial score (nSPS) is 10.3. The summed E-state index contributed by atoms with van der Waals surface area (Å²) in [7, 11) is 3.75. The van der Waals surface area contributed by atoms with Crippen molar-refractivity contribution < 1.29 is 0 Å². The number of aromatic nitrogens is 4. The molecule has 0 radical (unpaired) electrons. The molecule has 0 saturated heterocycles. The van der Waals surface area contributed by atoms with E-state index in [-0.39, 0.29) is 0 Å². The first kappa shape index (κ1) is 10.4. The second-order valence-corrected chi connectivity index (χ2v) is 3.53. The molecule has 0 amide bonds. The molecule has 0 unspecified atom stereocenters. The molecule has 6 nitrogen and oxygen atoms in total. The summed E-state index contributed by atoms with van der Waals surface area (Å²) in [6, 6.07) is 2.12. The minimum Gasteiger partial charge on any atom is -0.358 e. The second-order valence-electron chi connectivity index (χ2n) is 3.53. The van der Waals surface area contributed by atoms with Crippen LogP contribution in [0, 0.1) is 11.3 Å². The Morgan fingerprint density at radius 2 is 2.31 bits per heavy atom. The minimum absolute atomic E-state index is 0.474. The van der Waals surface area contributed by atoms with E-state index >= 15 is 0 Å². The molecule has 0 saturated carbocycles. The first-order valence-electron chi connectivity index (χ1n) is 4.95. The molecular formula is C10H12N6. The van der Waals surface area contributed by atoms with Gasteiger partial charge in [0.25, 0.3) is 0 Å². The van der Waals surface area contributed by atoms with Crippen LogP contribution < -0.4 is 4.90 Å². The number of aryl methyl sites for hydroxylation is 1. The molecule has 0 N–H and O–H groups in total. The van der Waals surface area contributed by atoms with Crippen LogP contribution in [0.1, 0.15) is 6.42 Å². The van der Waals surface area contributed by atoms with E-state index in [2.05, 4.69) is 21.1 Å². The zero-order valence-electron chi connectivity index (χ0n) is 9.25. The molecule has 0 aliphatic heterocycles. The van der Waals surface area contributed by atoms with E-state index in [0.717, 1.165) is 16.9 Å². The lowest BCUT2D eigenvalue weighted by atomic mass is 10.3. The highest BCUT2D eigenvalue weighted by atomic mass is 15.3. The van der Waals surface area contributed by atoms with Crippen LogP contribution in [0.3, 0.4) is 0 Å². The van der Waals surface area contributed by atoms with Crippen molar-refractivity contribution in [2.75, 3.05) is 18.5 Å². The Kier molecular flexibility index (Phi) is 2.68. The van der Waals surface area contributed by atoms with Crippen LogP contribution in [0.25, 0.3) is 11.0 Å². The van der Waals surface area contributed by atoms with Gasteiger partial charge in [0.15, 0.2) is 5.65 Å². The molecule has 6 heteroatoms. The molecule has 0 bridgehead atoms. The molecular weight excluding hydrogens is 204 g/mol. The van der Waals surface area contributed by atoms with Crippen LogP contribution in [0.15, 0.2) is 12.5 Å². The van der Waals surface area contributed by atoms with Crippen LogP contribution in [-0.4, -0.2) is 33.3 Å². The van der Waals surface area contributed by atoms with E-state index in [0.29, 0.717) is 13.0 Å². The zero-order valence-corrected chi connectivity index (χ0v) is 9.25. The second kappa shape index (κ2) is 4.14. The molecule has 2 aromatic heterocycles. The Balaban J connectivity index is 2.41. The smallest absolute Gasteiger partial charge is 0.163 e. The van der Waals surface area contributed by atoms with Crippen molar-refractivity contribution in [2.45, 2.75) is 6.42 Å². The van der Waals surface area contributed by atoms with E-state index in [1.54, 1.807) is 10.9 Å². The van der Waals surface area contributed by atoms with Gasteiger partial charge in [-0.15, -0.1) is 0 Å². The van der Waals surface area contributed by atoms with Gasteiger partial charge in [-0.05, 0) is 0 Å². The molecule has 16 heavy (non-hydrogen) atoms. The molecule has 0 aliphatic rings.